The van der Waals surface area contributed by atoms with E-state index in [0.717, 1.165) is 11.2 Å². The van der Waals surface area contributed by atoms with E-state index in [1.165, 1.54) is 0 Å². The predicted octanol–water partition coefficient (Wildman–Crippen LogP) is -1.94. The van der Waals surface area contributed by atoms with Gasteiger partial charge in [0, 0.05) is 12.8 Å². The smallest absolute Gasteiger partial charge is 0.328 e. The molecule has 1 aliphatic rings. The van der Waals surface area contributed by atoms with Gasteiger partial charge in [0.05, 0.1) is 25.0 Å². The molecule has 8 nitrogen and oxygen atoms in total. The summed E-state index contributed by atoms with van der Waals surface area (Å²) < 4.78 is 27.0. The van der Waals surface area contributed by atoms with Gasteiger partial charge in [-0.05, 0) is 6.42 Å². The molecule has 110 valence electrons. The highest BCUT2D eigenvalue weighted by Crippen LogP contribution is 2.10. The first-order chi connectivity index (χ1) is 8.72. The van der Waals surface area contributed by atoms with Gasteiger partial charge in [0.15, 0.2) is 6.04 Å². The summed E-state index contributed by atoms with van der Waals surface area (Å²) in [6.45, 7) is 0.302. The van der Waals surface area contributed by atoms with Crippen molar-refractivity contribution in [2.75, 3.05) is 31.8 Å². The normalized spacial score (nSPS) is 22.0. The maximum absolute atomic E-state index is 12.0. The zero-order valence-electron chi connectivity index (χ0n) is 10.6. The lowest BCUT2D eigenvalue weighted by molar-refractivity contribution is -0.158. The molecule has 2 unspecified atom stereocenters. The SMILES string of the molecule is CS(=O)(=O)CCC(N)C(=O)N1CCOCC1C(=O)O. The van der Waals surface area contributed by atoms with Gasteiger partial charge < -0.3 is 20.5 Å². The van der Waals surface area contributed by atoms with E-state index >= 15 is 0 Å². The van der Waals surface area contributed by atoms with Gasteiger partial charge in [0.2, 0.25) is 5.91 Å². The quantitative estimate of drug-likeness (QED) is 0.604. The number of carbonyl (C=O) groups excluding carboxylic acids is 1. The number of rotatable bonds is 5. The number of ether oxygens (including phenoxy) is 1. The first-order valence-electron chi connectivity index (χ1n) is 5.76. The molecule has 0 bridgehead atoms. The molecule has 0 radical (unpaired) electrons. The van der Waals surface area contributed by atoms with Crippen molar-refractivity contribution in [2.24, 2.45) is 5.73 Å². The molecule has 1 saturated heterocycles. The number of nitrogens with zero attached hydrogens (tertiary/aromatic N) is 1. The number of nitrogens with two attached hydrogens (primary N) is 1. The van der Waals surface area contributed by atoms with Crippen molar-refractivity contribution in [1.82, 2.24) is 4.90 Å². The van der Waals surface area contributed by atoms with E-state index in [-0.39, 0.29) is 31.9 Å². The second-order valence-corrected chi connectivity index (χ2v) is 6.75. The van der Waals surface area contributed by atoms with E-state index in [1.807, 2.05) is 0 Å². The van der Waals surface area contributed by atoms with Crippen molar-refractivity contribution in [3.63, 3.8) is 0 Å². The number of carbonyl (C=O) groups is 2. The number of carboxylic acid groups (broad SMARTS) is 1. The first kappa shape index (κ1) is 15.9. The molecule has 0 aromatic heterocycles. The Hall–Kier alpha value is -1.19. The van der Waals surface area contributed by atoms with Crippen LogP contribution in [0.3, 0.4) is 0 Å². The van der Waals surface area contributed by atoms with Crippen LogP contribution in [0.1, 0.15) is 6.42 Å². The van der Waals surface area contributed by atoms with Crippen LogP contribution in [-0.2, 0) is 24.2 Å². The monoisotopic (exact) mass is 294 g/mol. The Kier molecular flexibility index (Phi) is 5.27. The molecule has 1 fully saturated rings. The van der Waals surface area contributed by atoms with Crippen LogP contribution < -0.4 is 5.73 Å². The molecule has 2 atom stereocenters. The Labute approximate surface area is 111 Å². The van der Waals surface area contributed by atoms with Crippen molar-refractivity contribution >= 4 is 21.7 Å². The average molecular weight is 294 g/mol. The minimum absolute atomic E-state index is 0.0264. The summed E-state index contributed by atoms with van der Waals surface area (Å²) in [5.41, 5.74) is 5.63. The fraction of sp³-hybridized carbons (Fsp3) is 0.800. The maximum Gasteiger partial charge on any atom is 0.328 e. The molecule has 0 saturated carbocycles. The topological polar surface area (TPSA) is 127 Å². The molecular formula is C10H18N2O6S. The lowest BCUT2D eigenvalue weighted by atomic mass is 10.1. The zero-order chi connectivity index (χ0) is 14.6. The molecule has 0 aromatic carbocycles. The summed E-state index contributed by atoms with van der Waals surface area (Å²) in [7, 11) is -3.21. The van der Waals surface area contributed by atoms with Crippen LogP contribution in [0.15, 0.2) is 0 Å². The summed E-state index contributed by atoms with van der Waals surface area (Å²) in [4.78, 5) is 24.2. The lowest BCUT2D eigenvalue weighted by Gasteiger charge is -2.34. The summed E-state index contributed by atoms with van der Waals surface area (Å²) >= 11 is 0. The van der Waals surface area contributed by atoms with Gasteiger partial charge in [-0.25, -0.2) is 13.2 Å². The largest absolute Gasteiger partial charge is 0.480 e. The molecule has 19 heavy (non-hydrogen) atoms. The van der Waals surface area contributed by atoms with E-state index in [0.29, 0.717) is 0 Å². The van der Waals surface area contributed by atoms with E-state index in [9.17, 15) is 18.0 Å². The molecule has 1 amide bonds. The molecule has 0 spiro atoms. The van der Waals surface area contributed by atoms with E-state index in [4.69, 9.17) is 15.6 Å². The van der Waals surface area contributed by atoms with Crippen molar-refractivity contribution in [3.05, 3.63) is 0 Å². The molecular weight excluding hydrogens is 276 g/mol. The molecule has 0 aliphatic carbocycles. The highest BCUT2D eigenvalue weighted by atomic mass is 32.2. The zero-order valence-corrected chi connectivity index (χ0v) is 11.4. The molecule has 9 heteroatoms. The van der Waals surface area contributed by atoms with Crippen molar-refractivity contribution in [3.8, 4) is 0 Å². The van der Waals surface area contributed by atoms with Gasteiger partial charge >= 0.3 is 5.97 Å². The standard InChI is InChI=1S/C10H18N2O6S/c1-19(16,17)5-2-7(11)9(13)12-3-4-18-6-8(12)10(14)15/h7-8H,2-6,11H2,1H3,(H,14,15). The Balaban J connectivity index is 2.66. The minimum Gasteiger partial charge on any atom is -0.480 e. The highest BCUT2D eigenvalue weighted by molar-refractivity contribution is 7.90. The Morgan fingerprint density at radius 3 is 2.68 bits per heavy atom. The van der Waals surface area contributed by atoms with Gasteiger partial charge in [-0.15, -0.1) is 0 Å². The number of hydrogen-bond acceptors (Lipinski definition) is 6. The van der Waals surface area contributed by atoms with Crippen LogP contribution in [0.25, 0.3) is 0 Å². The molecule has 0 aromatic rings. The third kappa shape index (κ3) is 4.77. The fourth-order valence-electron chi connectivity index (χ4n) is 1.75. The van der Waals surface area contributed by atoms with Crippen LogP contribution >= 0.6 is 0 Å². The van der Waals surface area contributed by atoms with Crippen LogP contribution in [0.2, 0.25) is 0 Å². The molecule has 3 N–H and O–H groups in total. The van der Waals surface area contributed by atoms with E-state index < -0.39 is 33.8 Å². The average Bonchev–Trinajstić information content (AvgIpc) is 2.34. The second kappa shape index (κ2) is 6.31. The van der Waals surface area contributed by atoms with E-state index in [2.05, 4.69) is 0 Å². The number of carboxylic acids is 1. The third-order valence-electron chi connectivity index (χ3n) is 2.81. The Morgan fingerprint density at radius 2 is 2.16 bits per heavy atom. The van der Waals surface area contributed by atoms with Crippen LogP contribution in [0, 0.1) is 0 Å². The van der Waals surface area contributed by atoms with Gasteiger partial charge in [-0.3, -0.25) is 4.79 Å². The minimum atomic E-state index is -3.21. The van der Waals surface area contributed by atoms with Crippen molar-refractivity contribution in [1.29, 1.82) is 0 Å². The number of hydrogen-bond donors (Lipinski definition) is 2. The maximum atomic E-state index is 12.0. The van der Waals surface area contributed by atoms with E-state index in [1.54, 1.807) is 0 Å². The van der Waals surface area contributed by atoms with Crippen molar-refractivity contribution in [2.45, 2.75) is 18.5 Å². The predicted molar refractivity (Wildman–Crippen MR) is 66.3 cm³/mol. The van der Waals surface area contributed by atoms with Gasteiger partial charge in [-0.1, -0.05) is 0 Å². The Bertz CT molecular complexity index is 449. The summed E-state index contributed by atoms with van der Waals surface area (Å²) in [5, 5.41) is 8.99. The number of amides is 1. The molecule has 1 heterocycles. The van der Waals surface area contributed by atoms with Crippen LogP contribution in [0.5, 0.6) is 0 Å². The third-order valence-corrected chi connectivity index (χ3v) is 3.79. The summed E-state index contributed by atoms with van der Waals surface area (Å²) in [6.07, 6.45) is 1.03. The van der Waals surface area contributed by atoms with Gasteiger partial charge in [-0.2, -0.15) is 0 Å². The van der Waals surface area contributed by atoms with Crippen LogP contribution in [-0.4, -0.2) is 74.2 Å². The first-order valence-corrected chi connectivity index (χ1v) is 7.83. The number of aliphatic carboxylic acids is 1. The van der Waals surface area contributed by atoms with Gasteiger partial charge in [0.25, 0.3) is 0 Å². The highest BCUT2D eigenvalue weighted by Gasteiger charge is 2.35. The second-order valence-electron chi connectivity index (χ2n) is 4.49. The number of sulfone groups is 1. The van der Waals surface area contributed by atoms with Crippen molar-refractivity contribution < 1.29 is 27.9 Å². The fourth-order valence-corrected chi connectivity index (χ4v) is 2.43. The summed E-state index contributed by atoms with van der Waals surface area (Å²) in [6, 6.07) is -2.08. The molecule has 1 aliphatic heterocycles. The number of morpholine rings is 1. The Morgan fingerprint density at radius 1 is 1.53 bits per heavy atom. The summed E-state index contributed by atoms with van der Waals surface area (Å²) in [5.74, 6) is -1.93. The van der Waals surface area contributed by atoms with Gasteiger partial charge in [0.1, 0.15) is 9.84 Å². The van der Waals surface area contributed by atoms with Crippen LogP contribution in [0.4, 0.5) is 0 Å². The molecule has 1 rings (SSSR count). The lowest BCUT2D eigenvalue weighted by Crippen LogP contribution is -2.57.